The molecule has 0 aliphatic heterocycles. The summed E-state index contributed by atoms with van der Waals surface area (Å²) < 4.78 is 45.9. The van der Waals surface area contributed by atoms with Crippen LogP contribution >= 0.6 is 23.2 Å². The van der Waals surface area contributed by atoms with Crippen LogP contribution in [0.25, 0.3) is 11.4 Å². The maximum Gasteiger partial charge on any atom is 0.411 e. The number of amides is 2. The highest BCUT2D eigenvalue weighted by molar-refractivity contribution is 6.33. The summed E-state index contributed by atoms with van der Waals surface area (Å²) in [5, 5.41) is 9.19. The molecule has 2 aromatic carbocycles. The van der Waals surface area contributed by atoms with Gasteiger partial charge in [-0.25, -0.2) is 9.78 Å². The van der Waals surface area contributed by atoms with Crippen LogP contribution in [0.2, 0.25) is 10.0 Å². The molecule has 1 aromatic heterocycles. The van der Waals surface area contributed by atoms with Gasteiger partial charge in [0.05, 0.1) is 11.1 Å². The van der Waals surface area contributed by atoms with E-state index in [2.05, 4.69) is 20.2 Å². The summed E-state index contributed by atoms with van der Waals surface area (Å²) >= 11 is 12.5. The van der Waals surface area contributed by atoms with Gasteiger partial charge in [0.1, 0.15) is 18.5 Å². The summed E-state index contributed by atoms with van der Waals surface area (Å²) in [6.07, 6.45) is -4.54. The van der Waals surface area contributed by atoms with Crippen LogP contribution < -0.4 is 11.1 Å². The van der Waals surface area contributed by atoms with E-state index < -0.39 is 36.4 Å². The van der Waals surface area contributed by atoms with E-state index in [9.17, 15) is 22.8 Å². The van der Waals surface area contributed by atoms with Crippen LogP contribution in [0.5, 0.6) is 0 Å². The first-order valence-electron chi connectivity index (χ1n) is 13.7. The van der Waals surface area contributed by atoms with Crippen molar-refractivity contribution < 1.29 is 27.5 Å². The zero-order valence-corrected chi connectivity index (χ0v) is 25.7. The SMILES string of the molecule is CC(C)(C)CCN=C(N)N(C(=O)c1ccc(Cl)cc1)[C@H](COC(=O)NC1(C(F)(F)F)CC1)c1ccc(Cl)c(-c2ncn[nH]2)c1. The first-order valence-corrected chi connectivity index (χ1v) is 14.4. The Labute approximate surface area is 262 Å². The number of benzene rings is 2. The van der Waals surface area contributed by atoms with Crippen molar-refractivity contribution in [3.05, 3.63) is 70.0 Å². The Bertz CT molecular complexity index is 1500. The summed E-state index contributed by atoms with van der Waals surface area (Å²) in [6, 6.07) is 9.60. The van der Waals surface area contributed by atoms with Crippen LogP contribution in [0.3, 0.4) is 0 Å². The number of ether oxygens (including phenoxy) is 1. The molecule has 1 saturated carbocycles. The molecular weight excluding hydrogens is 622 g/mol. The molecule has 0 bridgehead atoms. The van der Waals surface area contributed by atoms with Gasteiger partial charge in [-0.2, -0.15) is 18.3 Å². The minimum absolute atomic E-state index is 0.0885. The van der Waals surface area contributed by atoms with Crippen molar-refractivity contribution in [2.24, 2.45) is 16.1 Å². The van der Waals surface area contributed by atoms with Gasteiger partial charge >= 0.3 is 12.3 Å². The van der Waals surface area contributed by atoms with Gasteiger partial charge in [0.15, 0.2) is 11.8 Å². The number of aromatic amines is 1. The second-order valence-electron chi connectivity index (χ2n) is 11.6. The van der Waals surface area contributed by atoms with Crippen LogP contribution in [0.4, 0.5) is 18.0 Å². The first kappa shape index (κ1) is 33.1. The Morgan fingerprint density at radius 3 is 2.41 bits per heavy atom. The lowest BCUT2D eigenvalue weighted by molar-refractivity contribution is -0.164. The Balaban J connectivity index is 1.76. The fourth-order valence-corrected chi connectivity index (χ4v) is 4.63. The predicted molar refractivity (Wildman–Crippen MR) is 160 cm³/mol. The molecule has 1 aliphatic rings. The van der Waals surface area contributed by atoms with E-state index in [1.54, 1.807) is 18.2 Å². The summed E-state index contributed by atoms with van der Waals surface area (Å²) in [5.41, 5.74) is 5.01. The third-order valence-corrected chi connectivity index (χ3v) is 7.64. The molecule has 0 saturated heterocycles. The Kier molecular flexibility index (Phi) is 9.79. The van der Waals surface area contributed by atoms with E-state index in [1.807, 2.05) is 26.1 Å². The normalized spacial score (nSPS) is 15.4. The summed E-state index contributed by atoms with van der Waals surface area (Å²) in [4.78, 5) is 36.4. The van der Waals surface area contributed by atoms with Gasteiger partial charge in [-0.15, -0.1) is 0 Å². The lowest BCUT2D eigenvalue weighted by Crippen LogP contribution is -2.49. The number of alkyl halides is 3. The van der Waals surface area contributed by atoms with Gasteiger partial charge < -0.3 is 15.8 Å². The fraction of sp³-hybridized carbons (Fsp3) is 0.414. The second kappa shape index (κ2) is 13.0. The smallest absolute Gasteiger partial charge is 0.411 e. The monoisotopic (exact) mass is 653 g/mol. The van der Waals surface area contributed by atoms with Gasteiger partial charge in [0.25, 0.3) is 5.91 Å². The maximum atomic E-state index is 14.0. The third kappa shape index (κ3) is 8.00. The predicted octanol–water partition coefficient (Wildman–Crippen LogP) is 6.53. The van der Waals surface area contributed by atoms with Gasteiger partial charge in [0, 0.05) is 22.7 Å². The van der Waals surface area contributed by atoms with Gasteiger partial charge in [0.2, 0.25) is 0 Å². The standard InChI is InChI=1S/C29H32Cl2F3N7O3/c1-27(2,3)12-13-36-25(35)41(24(42)17-4-7-19(30)8-5-17)22(15-44-26(43)39-28(10-11-28)29(32,33)34)18-6-9-21(31)20(14-18)23-37-16-38-40-23/h4-9,14,16,22H,10-13,15H2,1-3H3,(H2,35,36)(H,39,43)(H,37,38,40)/t22-/m1/s1. The van der Waals surface area contributed by atoms with E-state index >= 15 is 0 Å². The molecule has 1 atom stereocenters. The van der Waals surface area contributed by atoms with Crippen molar-refractivity contribution in [2.45, 2.75) is 57.8 Å². The molecule has 44 heavy (non-hydrogen) atoms. The number of aromatic nitrogens is 3. The molecule has 4 rings (SSSR count). The molecule has 2 amide bonds. The minimum Gasteiger partial charge on any atom is -0.447 e. The van der Waals surface area contributed by atoms with Crippen molar-refractivity contribution in [1.82, 2.24) is 25.4 Å². The minimum atomic E-state index is -4.64. The lowest BCUT2D eigenvalue weighted by atomic mass is 9.92. The van der Waals surface area contributed by atoms with Crippen LogP contribution in [-0.4, -0.2) is 62.9 Å². The Hall–Kier alpha value is -3.84. The molecule has 3 aromatic rings. The summed E-state index contributed by atoms with van der Waals surface area (Å²) in [6.45, 7) is 5.77. The van der Waals surface area contributed by atoms with Crippen molar-refractivity contribution in [3.63, 3.8) is 0 Å². The number of nitrogens with two attached hydrogens (primary N) is 1. The average molecular weight is 655 g/mol. The van der Waals surface area contributed by atoms with Crippen molar-refractivity contribution in [1.29, 1.82) is 0 Å². The zero-order chi connectivity index (χ0) is 32.3. The first-order chi connectivity index (χ1) is 20.6. The number of nitrogens with zero attached hydrogens (tertiary/aromatic N) is 4. The van der Waals surface area contributed by atoms with Crippen molar-refractivity contribution in [2.75, 3.05) is 13.2 Å². The number of H-pyrrole nitrogens is 1. The van der Waals surface area contributed by atoms with E-state index in [-0.39, 0.29) is 36.3 Å². The fourth-order valence-electron chi connectivity index (χ4n) is 4.30. The number of aliphatic imine (C=N–C) groups is 1. The number of nitrogens with one attached hydrogen (secondary N) is 2. The van der Waals surface area contributed by atoms with Gasteiger partial charge in [-0.3, -0.25) is 19.8 Å². The molecular formula is C29H32Cl2F3N7O3. The highest BCUT2D eigenvalue weighted by Gasteiger charge is 2.64. The van der Waals surface area contributed by atoms with E-state index in [4.69, 9.17) is 33.7 Å². The number of hydrogen-bond acceptors (Lipinski definition) is 6. The van der Waals surface area contributed by atoms with Crippen molar-refractivity contribution in [3.8, 4) is 11.4 Å². The van der Waals surface area contributed by atoms with Crippen LogP contribution in [-0.2, 0) is 4.74 Å². The average Bonchev–Trinajstić information content (AvgIpc) is 3.53. The second-order valence-corrected chi connectivity index (χ2v) is 12.5. The van der Waals surface area contributed by atoms with Crippen LogP contribution in [0.1, 0.15) is 62.0 Å². The van der Waals surface area contributed by atoms with Crippen LogP contribution in [0.15, 0.2) is 53.8 Å². The highest BCUT2D eigenvalue weighted by Crippen LogP contribution is 2.49. The van der Waals surface area contributed by atoms with E-state index in [0.717, 1.165) is 4.90 Å². The number of rotatable bonds is 9. The lowest BCUT2D eigenvalue weighted by Gasteiger charge is -2.32. The highest BCUT2D eigenvalue weighted by atomic mass is 35.5. The third-order valence-electron chi connectivity index (χ3n) is 7.06. The molecule has 236 valence electrons. The molecule has 0 unspecified atom stereocenters. The molecule has 0 radical (unpaired) electrons. The maximum absolute atomic E-state index is 14.0. The largest absolute Gasteiger partial charge is 0.447 e. The van der Waals surface area contributed by atoms with Gasteiger partial charge in [-0.05, 0) is 66.6 Å². The summed E-state index contributed by atoms with van der Waals surface area (Å²) in [5.74, 6) is -0.483. The zero-order valence-electron chi connectivity index (χ0n) is 24.2. The number of hydrogen-bond donors (Lipinski definition) is 3. The quantitative estimate of drug-likeness (QED) is 0.177. The molecule has 0 spiro atoms. The number of alkyl carbamates (subject to hydrolysis) is 1. The molecule has 1 heterocycles. The molecule has 4 N–H and O–H groups in total. The number of guanidine groups is 1. The Morgan fingerprint density at radius 2 is 1.84 bits per heavy atom. The number of carbonyl (C=O) groups excluding carboxylic acids is 2. The Morgan fingerprint density at radius 1 is 1.16 bits per heavy atom. The van der Waals surface area contributed by atoms with E-state index in [0.29, 0.717) is 33.4 Å². The molecule has 1 fully saturated rings. The summed E-state index contributed by atoms with van der Waals surface area (Å²) in [7, 11) is 0. The van der Waals surface area contributed by atoms with Crippen molar-refractivity contribution >= 4 is 41.2 Å². The number of halogens is 5. The number of carbonyl (C=O) groups is 2. The molecule has 1 aliphatic carbocycles. The van der Waals surface area contributed by atoms with E-state index in [1.165, 1.54) is 30.6 Å². The molecule has 10 nitrogen and oxygen atoms in total. The topological polar surface area (TPSA) is 139 Å². The molecule has 15 heteroatoms. The van der Waals surface area contributed by atoms with Crippen LogP contribution in [0, 0.1) is 5.41 Å². The van der Waals surface area contributed by atoms with Gasteiger partial charge in [-0.1, -0.05) is 50.0 Å².